The molecule has 0 spiro atoms. The van der Waals surface area contributed by atoms with Crippen LogP contribution in [0.5, 0.6) is 0 Å². The van der Waals surface area contributed by atoms with Gasteiger partial charge in [0.15, 0.2) is 0 Å². The van der Waals surface area contributed by atoms with Gasteiger partial charge in [-0.25, -0.2) is 0 Å². The number of nitrogens with zero attached hydrogens (tertiary/aromatic N) is 1. The van der Waals surface area contributed by atoms with E-state index in [0.29, 0.717) is 6.04 Å². The Kier molecular flexibility index (Phi) is 5.44. The lowest BCUT2D eigenvalue weighted by molar-refractivity contribution is -0.147. The van der Waals surface area contributed by atoms with E-state index in [-0.39, 0.29) is 0 Å². The molecule has 100 valence electrons. The molecular weight excluding hydrogens is 214 g/mol. The van der Waals surface area contributed by atoms with Crippen LogP contribution in [0.2, 0.25) is 0 Å². The van der Waals surface area contributed by atoms with Crippen LogP contribution in [0.3, 0.4) is 0 Å². The molecule has 3 heteroatoms. The van der Waals surface area contributed by atoms with Gasteiger partial charge in [-0.05, 0) is 52.6 Å². The largest absolute Gasteiger partial charge is 0.481 e. The summed E-state index contributed by atoms with van der Waals surface area (Å²) in [5, 5.41) is 9.12. The van der Waals surface area contributed by atoms with Crippen molar-refractivity contribution in [2.75, 3.05) is 13.1 Å². The van der Waals surface area contributed by atoms with E-state index < -0.39 is 11.4 Å². The van der Waals surface area contributed by atoms with Gasteiger partial charge in [-0.3, -0.25) is 4.79 Å². The summed E-state index contributed by atoms with van der Waals surface area (Å²) < 4.78 is 0. The van der Waals surface area contributed by atoms with Gasteiger partial charge in [-0.2, -0.15) is 0 Å². The third-order valence-electron chi connectivity index (χ3n) is 3.97. The predicted octanol–water partition coefficient (Wildman–Crippen LogP) is 3.14. The van der Waals surface area contributed by atoms with Crippen molar-refractivity contribution in [3.63, 3.8) is 0 Å². The summed E-state index contributed by atoms with van der Waals surface area (Å²) in [4.78, 5) is 13.6. The SMILES string of the molecule is CCCC1CCCCN1CCC(C)(C)C(=O)O. The first kappa shape index (κ1) is 14.5. The molecule has 1 N–H and O–H groups in total. The van der Waals surface area contributed by atoms with Crippen LogP contribution < -0.4 is 0 Å². The Morgan fingerprint density at radius 3 is 2.71 bits per heavy atom. The number of carbonyl (C=O) groups is 1. The van der Waals surface area contributed by atoms with Gasteiger partial charge in [0.1, 0.15) is 0 Å². The van der Waals surface area contributed by atoms with Gasteiger partial charge in [0.05, 0.1) is 5.41 Å². The van der Waals surface area contributed by atoms with Crippen LogP contribution in [0.25, 0.3) is 0 Å². The van der Waals surface area contributed by atoms with Crippen molar-refractivity contribution in [1.29, 1.82) is 0 Å². The maximum atomic E-state index is 11.1. The van der Waals surface area contributed by atoms with Crippen LogP contribution in [0.4, 0.5) is 0 Å². The molecule has 1 fully saturated rings. The fraction of sp³-hybridized carbons (Fsp3) is 0.929. The Morgan fingerprint density at radius 2 is 2.12 bits per heavy atom. The van der Waals surface area contributed by atoms with E-state index in [1.807, 2.05) is 13.8 Å². The summed E-state index contributed by atoms with van der Waals surface area (Å²) in [6.07, 6.45) is 7.14. The summed E-state index contributed by atoms with van der Waals surface area (Å²) >= 11 is 0. The van der Waals surface area contributed by atoms with E-state index in [0.717, 1.165) is 19.5 Å². The van der Waals surface area contributed by atoms with Crippen LogP contribution in [0.15, 0.2) is 0 Å². The zero-order valence-electron chi connectivity index (χ0n) is 11.5. The van der Waals surface area contributed by atoms with Crippen molar-refractivity contribution >= 4 is 5.97 Å². The minimum Gasteiger partial charge on any atom is -0.481 e. The molecule has 0 radical (unpaired) electrons. The number of carboxylic acids is 1. The second-order valence-electron chi connectivity index (χ2n) is 5.91. The molecule has 1 aliphatic rings. The predicted molar refractivity (Wildman–Crippen MR) is 70.2 cm³/mol. The van der Waals surface area contributed by atoms with Crippen LogP contribution >= 0.6 is 0 Å². The lowest BCUT2D eigenvalue weighted by Gasteiger charge is -2.37. The average Bonchev–Trinajstić information content (AvgIpc) is 2.28. The molecule has 1 rings (SSSR count). The molecule has 1 unspecified atom stereocenters. The zero-order chi connectivity index (χ0) is 12.9. The van der Waals surface area contributed by atoms with Crippen molar-refractivity contribution in [2.24, 2.45) is 5.41 Å². The molecule has 0 aromatic carbocycles. The van der Waals surface area contributed by atoms with Crippen molar-refractivity contribution in [3.05, 3.63) is 0 Å². The highest BCUT2D eigenvalue weighted by Crippen LogP contribution is 2.25. The summed E-state index contributed by atoms with van der Waals surface area (Å²) in [5.41, 5.74) is -0.589. The molecule has 0 aromatic rings. The Morgan fingerprint density at radius 1 is 1.41 bits per heavy atom. The van der Waals surface area contributed by atoms with E-state index in [1.165, 1.54) is 32.1 Å². The summed E-state index contributed by atoms with van der Waals surface area (Å²) in [6.45, 7) is 7.97. The van der Waals surface area contributed by atoms with Gasteiger partial charge < -0.3 is 10.0 Å². The Balaban J connectivity index is 2.45. The quantitative estimate of drug-likeness (QED) is 0.776. The molecular formula is C14H27NO2. The minimum absolute atomic E-state index is 0.589. The number of hydrogen-bond donors (Lipinski definition) is 1. The lowest BCUT2D eigenvalue weighted by atomic mass is 9.88. The molecule has 1 atom stereocenters. The average molecular weight is 241 g/mol. The fourth-order valence-corrected chi connectivity index (χ4v) is 2.54. The molecule has 0 saturated carbocycles. The van der Waals surface area contributed by atoms with Crippen molar-refractivity contribution in [1.82, 2.24) is 4.90 Å². The minimum atomic E-state index is -0.679. The van der Waals surface area contributed by atoms with Crippen molar-refractivity contribution < 1.29 is 9.90 Å². The highest BCUT2D eigenvalue weighted by atomic mass is 16.4. The molecule has 0 amide bonds. The molecule has 0 aromatic heterocycles. The van der Waals surface area contributed by atoms with E-state index in [2.05, 4.69) is 11.8 Å². The second-order valence-corrected chi connectivity index (χ2v) is 5.91. The van der Waals surface area contributed by atoms with E-state index in [4.69, 9.17) is 5.11 Å². The number of likely N-dealkylation sites (tertiary alicyclic amines) is 1. The Labute approximate surface area is 105 Å². The fourth-order valence-electron chi connectivity index (χ4n) is 2.54. The van der Waals surface area contributed by atoms with E-state index >= 15 is 0 Å². The van der Waals surface area contributed by atoms with Gasteiger partial charge in [0.25, 0.3) is 0 Å². The molecule has 17 heavy (non-hydrogen) atoms. The highest BCUT2D eigenvalue weighted by molar-refractivity contribution is 5.73. The Bertz CT molecular complexity index is 249. The van der Waals surface area contributed by atoms with Gasteiger partial charge in [0, 0.05) is 6.04 Å². The third kappa shape index (κ3) is 4.30. The van der Waals surface area contributed by atoms with Crippen LogP contribution in [0.1, 0.15) is 59.3 Å². The van der Waals surface area contributed by atoms with Gasteiger partial charge in [-0.15, -0.1) is 0 Å². The molecule has 1 aliphatic heterocycles. The molecule has 1 heterocycles. The van der Waals surface area contributed by atoms with Gasteiger partial charge in [-0.1, -0.05) is 19.8 Å². The second kappa shape index (κ2) is 6.39. The number of hydrogen-bond acceptors (Lipinski definition) is 2. The number of piperidine rings is 1. The number of aliphatic carboxylic acids is 1. The lowest BCUT2D eigenvalue weighted by Crippen LogP contribution is -2.42. The molecule has 0 bridgehead atoms. The highest BCUT2D eigenvalue weighted by Gasteiger charge is 2.29. The normalized spacial score (nSPS) is 22.6. The topological polar surface area (TPSA) is 40.5 Å². The van der Waals surface area contributed by atoms with Crippen molar-refractivity contribution in [3.8, 4) is 0 Å². The standard InChI is InChI=1S/C14H27NO2/c1-4-7-12-8-5-6-10-15(12)11-9-14(2,3)13(16)17/h12H,4-11H2,1-3H3,(H,16,17). The van der Waals surface area contributed by atoms with Crippen LogP contribution in [-0.4, -0.2) is 35.1 Å². The monoisotopic (exact) mass is 241 g/mol. The first-order chi connectivity index (χ1) is 7.97. The Hall–Kier alpha value is -0.570. The summed E-state index contributed by atoms with van der Waals surface area (Å²) in [7, 11) is 0. The maximum Gasteiger partial charge on any atom is 0.309 e. The van der Waals surface area contributed by atoms with Crippen LogP contribution in [-0.2, 0) is 4.79 Å². The first-order valence-electron chi connectivity index (χ1n) is 6.95. The molecule has 0 aliphatic carbocycles. The molecule has 3 nitrogen and oxygen atoms in total. The van der Waals surface area contributed by atoms with E-state index in [1.54, 1.807) is 0 Å². The van der Waals surface area contributed by atoms with E-state index in [9.17, 15) is 4.79 Å². The maximum absolute atomic E-state index is 11.1. The zero-order valence-corrected chi connectivity index (χ0v) is 11.5. The third-order valence-corrected chi connectivity index (χ3v) is 3.97. The summed E-state index contributed by atoms with van der Waals surface area (Å²) in [6, 6.07) is 0.693. The smallest absolute Gasteiger partial charge is 0.309 e. The van der Waals surface area contributed by atoms with Crippen LogP contribution in [0, 0.1) is 5.41 Å². The van der Waals surface area contributed by atoms with Crippen molar-refractivity contribution in [2.45, 2.75) is 65.3 Å². The number of rotatable bonds is 6. The molecule has 1 saturated heterocycles. The van der Waals surface area contributed by atoms with Gasteiger partial charge in [0.2, 0.25) is 0 Å². The summed E-state index contributed by atoms with van der Waals surface area (Å²) in [5.74, 6) is -0.679. The van der Waals surface area contributed by atoms with Gasteiger partial charge >= 0.3 is 5.97 Å². The number of carboxylic acid groups (broad SMARTS) is 1. The first-order valence-corrected chi connectivity index (χ1v) is 6.95.